The van der Waals surface area contributed by atoms with Crippen molar-refractivity contribution in [1.29, 1.82) is 0 Å². The predicted molar refractivity (Wildman–Crippen MR) is 115 cm³/mol. The Kier molecular flexibility index (Phi) is 5.81. The Balaban J connectivity index is 1.69. The third-order valence-electron chi connectivity index (χ3n) is 6.56. The lowest BCUT2D eigenvalue weighted by atomic mass is 9.96. The first-order valence-corrected chi connectivity index (χ1v) is 10.7. The quantitative estimate of drug-likeness (QED) is 0.867. The van der Waals surface area contributed by atoms with Crippen LogP contribution in [0, 0.1) is 6.92 Å². The maximum Gasteiger partial charge on any atom is 0.257 e. The van der Waals surface area contributed by atoms with Crippen LogP contribution in [0.1, 0.15) is 53.7 Å². The fourth-order valence-electron chi connectivity index (χ4n) is 5.09. The fraction of sp³-hybridized carbons (Fsp3) is 0.522. The summed E-state index contributed by atoms with van der Waals surface area (Å²) in [6.07, 6.45) is 8.18. The lowest BCUT2D eigenvalue weighted by Crippen LogP contribution is -2.48. The zero-order valence-electron chi connectivity index (χ0n) is 17.4. The highest BCUT2D eigenvalue weighted by Gasteiger charge is 2.45. The van der Waals surface area contributed by atoms with Crippen LogP contribution in [0.3, 0.4) is 0 Å². The molecule has 0 spiro atoms. The molecule has 2 aromatic rings. The monoisotopic (exact) mass is 393 g/mol. The normalized spacial score (nSPS) is 25.3. The van der Waals surface area contributed by atoms with Crippen molar-refractivity contribution < 1.29 is 4.79 Å². The summed E-state index contributed by atoms with van der Waals surface area (Å²) in [7, 11) is 2.22. The third kappa shape index (κ3) is 4.13. The number of likely N-dealkylation sites (tertiary alicyclic amines) is 2. The Bertz CT molecular complexity index is 856. The van der Waals surface area contributed by atoms with Gasteiger partial charge in [-0.3, -0.25) is 4.79 Å². The summed E-state index contributed by atoms with van der Waals surface area (Å²) < 4.78 is 0. The van der Waals surface area contributed by atoms with Gasteiger partial charge >= 0.3 is 0 Å². The molecule has 1 aromatic carbocycles. The molecule has 3 atom stereocenters. The van der Waals surface area contributed by atoms with E-state index in [1.165, 1.54) is 24.8 Å². The standard InChI is InChI=1S/C23H31N5O/c1-16-19(15-25-23(24)26-16)22(29)28-18(13-17-9-5-3-6-10-17)14-21-20(28)11-7-4-8-12-27(21)2/h3,5-6,9-10,15,18,20-21H,4,7-8,11-14H2,1-2H3,(H2,24,25,26)/t18-,20-,21+/m1/s1. The number of hydrogen-bond acceptors (Lipinski definition) is 5. The number of nitrogen functional groups attached to an aromatic ring is 1. The molecule has 2 aliphatic rings. The highest BCUT2D eigenvalue weighted by atomic mass is 16.2. The smallest absolute Gasteiger partial charge is 0.257 e. The molecule has 2 aliphatic heterocycles. The molecule has 0 bridgehead atoms. The summed E-state index contributed by atoms with van der Waals surface area (Å²) in [6, 6.07) is 11.3. The second-order valence-corrected chi connectivity index (χ2v) is 8.48. The molecule has 6 nitrogen and oxygen atoms in total. The molecule has 2 fully saturated rings. The molecular formula is C23H31N5O. The highest BCUT2D eigenvalue weighted by Crippen LogP contribution is 2.36. The second-order valence-electron chi connectivity index (χ2n) is 8.48. The van der Waals surface area contributed by atoms with Crippen molar-refractivity contribution in [2.75, 3.05) is 19.3 Å². The van der Waals surface area contributed by atoms with E-state index >= 15 is 0 Å². The fourth-order valence-corrected chi connectivity index (χ4v) is 5.09. The molecule has 154 valence electrons. The molecule has 0 unspecified atom stereocenters. The molecular weight excluding hydrogens is 362 g/mol. The minimum absolute atomic E-state index is 0.0462. The van der Waals surface area contributed by atoms with Crippen molar-refractivity contribution in [3.63, 3.8) is 0 Å². The van der Waals surface area contributed by atoms with Gasteiger partial charge in [0, 0.05) is 24.3 Å². The average molecular weight is 394 g/mol. The van der Waals surface area contributed by atoms with E-state index in [4.69, 9.17) is 5.73 Å². The van der Waals surface area contributed by atoms with Crippen LogP contribution in [-0.4, -0.2) is 57.4 Å². The zero-order chi connectivity index (χ0) is 20.4. The van der Waals surface area contributed by atoms with Crippen LogP contribution in [0.4, 0.5) is 5.95 Å². The number of aromatic nitrogens is 2. The van der Waals surface area contributed by atoms with Gasteiger partial charge in [0.1, 0.15) is 0 Å². The number of hydrogen-bond donors (Lipinski definition) is 1. The van der Waals surface area contributed by atoms with E-state index in [0.29, 0.717) is 17.3 Å². The first-order valence-electron chi connectivity index (χ1n) is 10.7. The molecule has 0 saturated carbocycles. The van der Waals surface area contributed by atoms with Crippen LogP contribution >= 0.6 is 0 Å². The van der Waals surface area contributed by atoms with E-state index in [1.807, 2.05) is 13.0 Å². The van der Waals surface area contributed by atoms with E-state index in [-0.39, 0.29) is 23.9 Å². The molecule has 6 heteroatoms. The molecule has 1 aromatic heterocycles. The minimum Gasteiger partial charge on any atom is -0.368 e. The largest absolute Gasteiger partial charge is 0.368 e. The minimum atomic E-state index is 0.0462. The van der Waals surface area contributed by atoms with Crippen molar-refractivity contribution >= 4 is 11.9 Å². The first-order chi connectivity index (χ1) is 14.0. The van der Waals surface area contributed by atoms with Gasteiger partial charge in [0.25, 0.3) is 5.91 Å². The van der Waals surface area contributed by atoms with Crippen LogP contribution < -0.4 is 5.73 Å². The van der Waals surface area contributed by atoms with Gasteiger partial charge in [0.05, 0.1) is 11.3 Å². The number of benzene rings is 1. The Morgan fingerprint density at radius 1 is 1.17 bits per heavy atom. The van der Waals surface area contributed by atoms with Gasteiger partial charge in [-0.15, -0.1) is 0 Å². The predicted octanol–water partition coefficient (Wildman–Crippen LogP) is 3.07. The number of likely N-dealkylation sites (N-methyl/N-ethyl adjacent to an activating group) is 1. The number of carbonyl (C=O) groups is 1. The van der Waals surface area contributed by atoms with Crippen molar-refractivity contribution in [1.82, 2.24) is 19.8 Å². The summed E-state index contributed by atoms with van der Waals surface area (Å²) in [4.78, 5) is 26.7. The zero-order valence-corrected chi connectivity index (χ0v) is 17.4. The molecule has 0 aliphatic carbocycles. The van der Waals surface area contributed by atoms with Crippen LogP contribution in [0.2, 0.25) is 0 Å². The highest BCUT2D eigenvalue weighted by molar-refractivity contribution is 5.95. The van der Waals surface area contributed by atoms with Crippen LogP contribution in [0.25, 0.3) is 0 Å². The lowest BCUT2D eigenvalue weighted by Gasteiger charge is -2.36. The number of aryl methyl sites for hydroxylation is 1. The number of nitrogens with zero attached hydrogens (tertiary/aromatic N) is 4. The molecule has 4 rings (SSSR count). The second kappa shape index (κ2) is 8.49. The van der Waals surface area contributed by atoms with E-state index in [9.17, 15) is 4.79 Å². The lowest BCUT2D eigenvalue weighted by molar-refractivity contribution is 0.0602. The average Bonchev–Trinajstić information content (AvgIpc) is 3.04. The summed E-state index contributed by atoms with van der Waals surface area (Å²) in [5, 5.41) is 0. The van der Waals surface area contributed by atoms with Crippen molar-refractivity contribution in [3.05, 3.63) is 53.3 Å². The third-order valence-corrected chi connectivity index (χ3v) is 6.56. The molecule has 3 heterocycles. The topological polar surface area (TPSA) is 75.3 Å². The SMILES string of the molecule is Cc1nc(N)ncc1C(=O)N1[C@H](Cc2ccccc2)C[C@H]2[C@H]1CCCCCN2C. The van der Waals surface area contributed by atoms with Gasteiger partial charge in [0.15, 0.2) is 0 Å². The summed E-state index contributed by atoms with van der Waals surface area (Å²) >= 11 is 0. The van der Waals surface area contributed by atoms with Gasteiger partial charge in [0.2, 0.25) is 5.95 Å². The number of anilines is 1. The number of nitrogens with two attached hydrogens (primary N) is 1. The number of rotatable bonds is 3. The summed E-state index contributed by atoms with van der Waals surface area (Å²) in [6.45, 7) is 2.94. The molecule has 2 N–H and O–H groups in total. The van der Waals surface area contributed by atoms with Gasteiger partial charge in [-0.2, -0.15) is 0 Å². The van der Waals surface area contributed by atoms with E-state index < -0.39 is 0 Å². The van der Waals surface area contributed by atoms with Crippen molar-refractivity contribution in [2.45, 2.75) is 63.6 Å². The Morgan fingerprint density at radius 3 is 2.72 bits per heavy atom. The maximum atomic E-state index is 13.7. The van der Waals surface area contributed by atoms with E-state index in [2.05, 4.69) is 51.1 Å². The number of carbonyl (C=O) groups excluding carboxylic acids is 1. The van der Waals surface area contributed by atoms with Crippen LogP contribution in [-0.2, 0) is 6.42 Å². The van der Waals surface area contributed by atoms with E-state index in [0.717, 1.165) is 25.8 Å². The molecule has 29 heavy (non-hydrogen) atoms. The van der Waals surface area contributed by atoms with Gasteiger partial charge in [-0.1, -0.05) is 43.2 Å². The van der Waals surface area contributed by atoms with Gasteiger partial charge < -0.3 is 15.5 Å². The number of amides is 1. The molecule has 2 saturated heterocycles. The first kappa shape index (κ1) is 19.8. The van der Waals surface area contributed by atoms with Gasteiger partial charge in [-0.05, 0) is 51.8 Å². The van der Waals surface area contributed by atoms with Crippen LogP contribution in [0.15, 0.2) is 36.5 Å². The van der Waals surface area contributed by atoms with E-state index in [1.54, 1.807) is 6.20 Å². The number of fused-ring (bicyclic) bond motifs is 1. The summed E-state index contributed by atoms with van der Waals surface area (Å²) in [5.74, 6) is 0.259. The maximum absolute atomic E-state index is 13.7. The molecule has 0 radical (unpaired) electrons. The van der Waals surface area contributed by atoms with Crippen molar-refractivity contribution in [2.24, 2.45) is 0 Å². The van der Waals surface area contributed by atoms with Crippen molar-refractivity contribution in [3.8, 4) is 0 Å². The van der Waals surface area contributed by atoms with Crippen LogP contribution in [0.5, 0.6) is 0 Å². The Hall–Kier alpha value is -2.47. The Labute approximate surface area is 173 Å². The van der Waals surface area contributed by atoms with Gasteiger partial charge in [-0.25, -0.2) is 9.97 Å². The molecule has 1 amide bonds. The Morgan fingerprint density at radius 2 is 1.97 bits per heavy atom. The summed E-state index contributed by atoms with van der Waals surface area (Å²) in [5.41, 5.74) is 8.22.